The number of hydrogen-bond acceptors (Lipinski definition) is 4. The summed E-state index contributed by atoms with van der Waals surface area (Å²) in [4.78, 5) is 10.8. The average molecular weight is 280 g/mol. The largest absolute Gasteiger partial charge is 0.389 e. The quantitative estimate of drug-likeness (QED) is 0.861. The van der Waals surface area contributed by atoms with Crippen LogP contribution in [0.4, 0.5) is 5.69 Å². The predicted octanol–water partition coefficient (Wildman–Crippen LogP) is 1.57. The molecule has 0 spiro atoms. The molecule has 5 heteroatoms. The van der Waals surface area contributed by atoms with Gasteiger partial charge in [0, 0.05) is 30.0 Å². The molecule has 0 aromatic carbocycles. The highest BCUT2D eigenvalue weighted by Crippen LogP contribution is 2.28. The van der Waals surface area contributed by atoms with Crippen LogP contribution in [0.25, 0.3) is 11.0 Å². The van der Waals surface area contributed by atoms with Gasteiger partial charge < -0.3 is 10.0 Å². The van der Waals surface area contributed by atoms with E-state index in [0.717, 1.165) is 21.2 Å². The summed E-state index contributed by atoms with van der Waals surface area (Å²) in [6, 6.07) is 3.89. The molecule has 0 saturated carbocycles. The lowest BCUT2D eigenvalue weighted by Crippen LogP contribution is -2.50. The Labute approximate surface area is 101 Å². The topological polar surface area (TPSA) is 49.2 Å². The van der Waals surface area contributed by atoms with E-state index in [1.54, 1.807) is 12.4 Å². The van der Waals surface area contributed by atoms with E-state index in [-0.39, 0.29) is 6.10 Å². The highest BCUT2D eigenvalue weighted by atomic mass is 79.9. The fraction of sp³-hybridized carbons (Fsp3) is 0.273. The van der Waals surface area contributed by atoms with Crippen LogP contribution in [-0.4, -0.2) is 34.3 Å². The second-order valence-electron chi connectivity index (χ2n) is 3.91. The smallest absolute Gasteiger partial charge is 0.112 e. The summed E-state index contributed by atoms with van der Waals surface area (Å²) in [6.07, 6.45) is 3.33. The molecule has 1 fully saturated rings. The molecule has 16 heavy (non-hydrogen) atoms. The Bertz CT molecular complexity index is 540. The summed E-state index contributed by atoms with van der Waals surface area (Å²) in [6.45, 7) is 1.35. The van der Waals surface area contributed by atoms with Crippen LogP contribution < -0.4 is 4.90 Å². The maximum atomic E-state index is 9.31. The number of β-amino-alcohol motifs (C(OH)–C–C–N with tert-alkyl or cyclic N) is 1. The van der Waals surface area contributed by atoms with Crippen molar-refractivity contribution in [3.63, 3.8) is 0 Å². The van der Waals surface area contributed by atoms with E-state index in [4.69, 9.17) is 0 Å². The molecule has 0 amide bonds. The number of pyridine rings is 2. The van der Waals surface area contributed by atoms with Crippen LogP contribution in [0, 0.1) is 0 Å². The van der Waals surface area contributed by atoms with Crippen molar-refractivity contribution in [2.75, 3.05) is 18.0 Å². The van der Waals surface area contributed by atoms with Crippen LogP contribution in [0.5, 0.6) is 0 Å². The molecule has 1 saturated heterocycles. The van der Waals surface area contributed by atoms with Crippen LogP contribution in [0.3, 0.4) is 0 Å². The zero-order valence-corrected chi connectivity index (χ0v) is 10.1. The van der Waals surface area contributed by atoms with Crippen LogP contribution >= 0.6 is 15.9 Å². The predicted molar refractivity (Wildman–Crippen MR) is 65.5 cm³/mol. The van der Waals surface area contributed by atoms with Crippen molar-refractivity contribution in [3.05, 3.63) is 29.0 Å². The average Bonchev–Trinajstić information content (AvgIpc) is 2.24. The Morgan fingerprint density at radius 1 is 1.38 bits per heavy atom. The van der Waals surface area contributed by atoms with E-state index in [1.807, 2.05) is 12.1 Å². The third-order valence-electron chi connectivity index (χ3n) is 2.73. The Morgan fingerprint density at radius 2 is 2.19 bits per heavy atom. The van der Waals surface area contributed by atoms with Crippen molar-refractivity contribution in [2.45, 2.75) is 6.10 Å². The molecule has 3 heterocycles. The lowest BCUT2D eigenvalue weighted by Gasteiger charge is -2.38. The molecule has 1 N–H and O–H groups in total. The van der Waals surface area contributed by atoms with Gasteiger partial charge in [0.05, 0.1) is 17.3 Å². The van der Waals surface area contributed by atoms with Crippen LogP contribution in [0.1, 0.15) is 0 Å². The SMILES string of the molecule is OC1CN(c2ccnc3cc(Br)cnc23)C1. The molecule has 1 aliphatic rings. The first-order chi connectivity index (χ1) is 7.74. The number of fused-ring (bicyclic) bond motifs is 1. The van der Waals surface area contributed by atoms with Gasteiger partial charge in [0.1, 0.15) is 5.52 Å². The summed E-state index contributed by atoms with van der Waals surface area (Å²) >= 11 is 3.38. The molecule has 0 bridgehead atoms. The van der Waals surface area contributed by atoms with Crippen LogP contribution in [0.15, 0.2) is 29.0 Å². The lowest BCUT2D eigenvalue weighted by atomic mass is 10.1. The zero-order chi connectivity index (χ0) is 11.1. The summed E-state index contributed by atoms with van der Waals surface area (Å²) in [5.74, 6) is 0. The number of hydrogen-bond donors (Lipinski definition) is 1. The van der Waals surface area contributed by atoms with Crippen molar-refractivity contribution in [2.24, 2.45) is 0 Å². The normalized spacial score (nSPS) is 16.5. The van der Waals surface area contributed by atoms with Crippen molar-refractivity contribution >= 4 is 32.7 Å². The molecule has 0 unspecified atom stereocenters. The van der Waals surface area contributed by atoms with Gasteiger partial charge in [-0.1, -0.05) is 0 Å². The second-order valence-corrected chi connectivity index (χ2v) is 4.83. The van der Waals surface area contributed by atoms with Gasteiger partial charge >= 0.3 is 0 Å². The molecule has 0 aliphatic carbocycles. The highest BCUT2D eigenvalue weighted by molar-refractivity contribution is 9.10. The molecule has 82 valence electrons. The Balaban J connectivity index is 2.11. The number of rotatable bonds is 1. The number of anilines is 1. The molecule has 0 radical (unpaired) electrons. The minimum absolute atomic E-state index is 0.210. The number of aliphatic hydroxyl groups excluding tert-OH is 1. The molecule has 0 atom stereocenters. The first kappa shape index (κ1) is 9.99. The first-order valence-corrected chi connectivity index (χ1v) is 5.86. The fourth-order valence-corrected chi connectivity index (χ4v) is 2.22. The van der Waals surface area contributed by atoms with E-state index in [0.29, 0.717) is 13.1 Å². The first-order valence-electron chi connectivity index (χ1n) is 5.07. The lowest BCUT2D eigenvalue weighted by molar-refractivity contribution is 0.142. The van der Waals surface area contributed by atoms with Crippen LogP contribution in [-0.2, 0) is 0 Å². The monoisotopic (exact) mass is 279 g/mol. The zero-order valence-electron chi connectivity index (χ0n) is 8.47. The van der Waals surface area contributed by atoms with Gasteiger partial charge in [-0.25, -0.2) is 0 Å². The molecule has 2 aromatic rings. The van der Waals surface area contributed by atoms with Gasteiger partial charge in [-0.05, 0) is 28.1 Å². The molecule has 3 rings (SSSR count). The molecular formula is C11H10BrN3O. The Kier molecular flexibility index (Phi) is 2.29. The summed E-state index contributed by atoms with van der Waals surface area (Å²) < 4.78 is 0.924. The molecule has 2 aromatic heterocycles. The minimum atomic E-state index is -0.210. The van der Waals surface area contributed by atoms with Gasteiger partial charge in [-0.3, -0.25) is 9.97 Å². The number of aromatic nitrogens is 2. The van der Waals surface area contributed by atoms with Crippen molar-refractivity contribution < 1.29 is 5.11 Å². The maximum Gasteiger partial charge on any atom is 0.112 e. The summed E-state index contributed by atoms with van der Waals surface area (Å²) in [7, 11) is 0. The number of nitrogens with zero attached hydrogens (tertiary/aromatic N) is 3. The molecule has 1 aliphatic heterocycles. The highest BCUT2D eigenvalue weighted by Gasteiger charge is 2.26. The van der Waals surface area contributed by atoms with Crippen molar-refractivity contribution in [3.8, 4) is 0 Å². The summed E-state index contributed by atoms with van der Waals surface area (Å²) in [5, 5.41) is 9.31. The van der Waals surface area contributed by atoms with Gasteiger partial charge in [0.15, 0.2) is 0 Å². The van der Waals surface area contributed by atoms with E-state index < -0.39 is 0 Å². The second kappa shape index (κ2) is 3.68. The third-order valence-corrected chi connectivity index (χ3v) is 3.16. The standard InChI is InChI=1S/C11H10BrN3O/c12-7-3-9-11(14-4-7)10(1-2-13-9)15-5-8(16)6-15/h1-4,8,16H,5-6H2. The number of halogens is 1. The molecule has 4 nitrogen and oxygen atoms in total. The van der Waals surface area contributed by atoms with E-state index in [1.165, 1.54) is 0 Å². The Hall–Kier alpha value is -1.20. The van der Waals surface area contributed by atoms with Gasteiger partial charge in [-0.15, -0.1) is 0 Å². The van der Waals surface area contributed by atoms with Gasteiger partial charge in [0.2, 0.25) is 0 Å². The number of aliphatic hydroxyl groups is 1. The van der Waals surface area contributed by atoms with Gasteiger partial charge in [0.25, 0.3) is 0 Å². The van der Waals surface area contributed by atoms with E-state index in [2.05, 4.69) is 30.8 Å². The van der Waals surface area contributed by atoms with Gasteiger partial charge in [-0.2, -0.15) is 0 Å². The van der Waals surface area contributed by atoms with Crippen molar-refractivity contribution in [1.29, 1.82) is 0 Å². The third kappa shape index (κ3) is 1.56. The van der Waals surface area contributed by atoms with E-state index in [9.17, 15) is 5.11 Å². The summed E-state index contributed by atoms with van der Waals surface area (Å²) in [5.41, 5.74) is 2.80. The van der Waals surface area contributed by atoms with E-state index >= 15 is 0 Å². The van der Waals surface area contributed by atoms with Crippen LogP contribution in [0.2, 0.25) is 0 Å². The Morgan fingerprint density at radius 3 is 2.94 bits per heavy atom. The maximum absolute atomic E-state index is 9.31. The fourth-order valence-electron chi connectivity index (χ4n) is 1.90. The molecular weight excluding hydrogens is 270 g/mol. The minimum Gasteiger partial charge on any atom is -0.389 e. The van der Waals surface area contributed by atoms with Crippen molar-refractivity contribution in [1.82, 2.24) is 9.97 Å².